The summed E-state index contributed by atoms with van der Waals surface area (Å²) in [6, 6.07) is 1.70. The molecule has 0 spiro atoms. The Labute approximate surface area is 125 Å². The smallest absolute Gasteiger partial charge is 0.252 e. The molecule has 1 amide bonds. The van der Waals surface area contributed by atoms with Gasteiger partial charge in [0.15, 0.2) is 0 Å². The van der Waals surface area contributed by atoms with Crippen molar-refractivity contribution in [3.05, 3.63) is 29.6 Å². The van der Waals surface area contributed by atoms with Gasteiger partial charge < -0.3 is 10.4 Å². The first-order chi connectivity index (χ1) is 10.2. The van der Waals surface area contributed by atoms with Crippen LogP contribution in [0, 0.1) is 23.2 Å². The predicted molar refractivity (Wildman–Crippen MR) is 79.5 cm³/mol. The van der Waals surface area contributed by atoms with E-state index in [2.05, 4.69) is 22.1 Å². The Hall–Kier alpha value is -1.86. The van der Waals surface area contributed by atoms with Crippen LogP contribution in [0.3, 0.4) is 0 Å². The first kappa shape index (κ1) is 14.1. The fourth-order valence-corrected chi connectivity index (χ4v) is 2.84. The molecule has 1 aromatic rings. The minimum absolute atomic E-state index is 0.0265. The van der Waals surface area contributed by atoms with Gasteiger partial charge in [-0.25, -0.2) is 0 Å². The lowest BCUT2D eigenvalue weighted by Crippen LogP contribution is -2.31. The average Bonchev–Trinajstić information content (AvgIpc) is 3.38. The largest absolute Gasteiger partial charge is 0.395 e. The molecule has 0 atom stereocenters. The van der Waals surface area contributed by atoms with Crippen LogP contribution in [0.15, 0.2) is 18.5 Å². The number of aliphatic hydroxyl groups is 1. The van der Waals surface area contributed by atoms with Gasteiger partial charge in [-0.15, -0.1) is 0 Å². The second-order valence-electron chi connectivity index (χ2n) is 6.02. The van der Waals surface area contributed by atoms with Gasteiger partial charge in [-0.05, 0) is 43.1 Å². The van der Waals surface area contributed by atoms with E-state index in [1.165, 1.54) is 25.7 Å². The highest BCUT2D eigenvalue weighted by Gasteiger charge is 2.53. The van der Waals surface area contributed by atoms with E-state index < -0.39 is 0 Å². The summed E-state index contributed by atoms with van der Waals surface area (Å²) < 4.78 is 0. The molecule has 2 saturated carbocycles. The number of amides is 1. The molecule has 4 heteroatoms. The summed E-state index contributed by atoms with van der Waals surface area (Å²) in [5.74, 6) is 6.51. The van der Waals surface area contributed by atoms with Crippen LogP contribution in [0.5, 0.6) is 0 Å². The fraction of sp³-hybridized carbons (Fsp3) is 0.529. The van der Waals surface area contributed by atoms with Crippen molar-refractivity contribution < 1.29 is 9.90 Å². The topological polar surface area (TPSA) is 62.2 Å². The maximum Gasteiger partial charge on any atom is 0.252 e. The number of aromatic nitrogens is 1. The van der Waals surface area contributed by atoms with E-state index in [1.807, 2.05) is 0 Å². The van der Waals surface area contributed by atoms with Crippen molar-refractivity contribution in [1.29, 1.82) is 0 Å². The Balaban J connectivity index is 1.65. The van der Waals surface area contributed by atoms with Crippen molar-refractivity contribution >= 4 is 5.91 Å². The maximum atomic E-state index is 12.4. The molecule has 2 fully saturated rings. The van der Waals surface area contributed by atoms with Gasteiger partial charge in [0, 0.05) is 25.4 Å². The first-order valence-corrected chi connectivity index (χ1v) is 7.57. The zero-order valence-electron chi connectivity index (χ0n) is 12.1. The predicted octanol–water partition coefficient (Wildman–Crippen LogP) is 1.74. The Morgan fingerprint density at radius 3 is 2.95 bits per heavy atom. The molecule has 1 aromatic heterocycles. The van der Waals surface area contributed by atoms with Gasteiger partial charge in [0.25, 0.3) is 5.91 Å². The number of carbonyl (C=O) groups is 1. The number of carbonyl (C=O) groups excluding carboxylic acids is 1. The van der Waals surface area contributed by atoms with E-state index in [0.717, 1.165) is 12.5 Å². The molecular weight excluding hydrogens is 264 g/mol. The van der Waals surface area contributed by atoms with E-state index >= 15 is 0 Å². The van der Waals surface area contributed by atoms with Gasteiger partial charge in [0.1, 0.15) is 0 Å². The Morgan fingerprint density at radius 2 is 2.29 bits per heavy atom. The second-order valence-corrected chi connectivity index (χ2v) is 6.02. The average molecular weight is 284 g/mol. The molecule has 2 aliphatic rings. The summed E-state index contributed by atoms with van der Waals surface area (Å²) in [6.45, 7) is 0.807. The van der Waals surface area contributed by atoms with Crippen LogP contribution in [0.4, 0.5) is 0 Å². The van der Waals surface area contributed by atoms with Crippen molar-refractivity contribution in [3.8, 4) is 11.8 Å². The van der Waals surface area contributed by atoms with E-state index in [4.69, 9.17) is 5.11 Å². The maximum absolute atomic E-state index is 12.4. The number of aliphatic hydroxyl groups excluding tert-OH is 1. The third kappa shape index (κ3) is 3.25. The number of rotatable bonds is 5. The molecule has 0 aliphatic heterocycles. The van der Waals surface area contributed by atoms with Crippen LogP contribution in [-0.4, -0.2) is 29.1 Å². The van der Waals surface area contributed by atoms with Crippen molar-refractivity contribution in [2.24, 2.45) is 11.3 Å². The van der Waals surface area contributed by atoms with E-state index in [1.54, 1.807) is 18.5 Å². The Morgan fingerprint density at radius 1 is 1.48 bits per heavy atom. The van der Waals surface area contributed by atoms with Gasteiger partial charge in [-0.3, -0.25) is 9.78 Å². The number of pyridine rings is 1. The highest BCUT2D eigenvalue weighted by molar-refractivity contribution is 5.96. The van der Waals surface area contributed by atoms with Crippen LogP contribution in [0.1, 0.15) is 48.0 Å². The van der Waals surface area contributed by atoms with Gasteiger partial charge in [-0.1, -0.05) is 11.8 Å². The van der Waals surface area contributed by atoms with Crippen LogP contribution >= 0.6 is 0 Å². The van der Waals surface area contributed by atoms with Crippen molar-refractivity contribution in [2.75, 3.05) is 13.2 Å². The minimum Gasteiger partial charge on any atom is -0.395 e. The fourth-order valence-electron chi connectivity index (χ4n) is 2.84. The lowest BCUT2D eigenvalue weighted by Gasteiger charge is -2.15. The van der Waals surface area contributed by atoms with Crippen LogP contribution in [0.25, 0.3) is 0 Å². The van der Waals surface area contributed by atoms with Gasteiger partial charge in [0.05, 0.1) is 17.7 Å². The lowest BCUT2D eigenvalue weighted by atomic mass is 10.0. The van der Waals surface area contributed by atoms with Crippen molar-refractivity contribution in [2.45, 2.75) is 32.1 Å². The number of nitrogens with zero attached hydrogens (tertiary/aromatic N) is 1. The Bertz CT molecular complexity index is 592. The summed E-state index contributed by atoms with van der Waals surface area (Å²) in [5.41, 5.74) is 1.59. The van der Waals surface area contributed by atoms with Crippen molar-refractivity contribution in [1.82, 2.24) is 10.3 Å². The molecule has 0 saturated heterocycles. The monoisotopic (exact) mass is 284 g/mol. The molecule has 2 aliphatic carbocycles. The van der Waals surface area contributed by atoms with Crippen LogP contribution in [-0.2, 0) is 0 Å². The number of nitrogens with one attached hydrogen (secondary N) is 1. The third-order valence-corrected chi connectivity index (χ3v) is 4.46. The standard InChI is InChI=1S/C17H20N2O2/c20-10-2-1-3-13-11-18-9-6-15(13)16(21)19-12-17(7-8-17)14-4-5-14/h6,9,11,14,20H,2,4-5,7-8,10,12H2,(H,19,21). The molecule has 3 rings (SSSR count). The third-order valence-electron chi connectivity index (χ3n) is 4.46. The molecule has 0 bridgehead atoms. The molecule has 2 N–H and O–H groups in total. The van der Waals surface area contributed by atoms with Gasteiger partial charge in [-0.2, -0.15) is 0 Å². The summed E-state index contributed by atoms with van der Waals surface area (Å²) in [4.78, 5) is 16.4. The van der Waals surface area contributed by atoms with E-state index in [0.29, 0.717) is 23.0 Å². The normalized spacial score (nSPS) is 18.5. The molecule has 1 heterocycles. The number of hydrogen-bond donors (Lipinski definition) is 2. The quantitative estimate of drug-likeness (QED) is 0.810. The zero-order valence-corrected chi connectivity index (χ0v) is 12.1. The molecule has 21 heavy (non-hydrogen) atoms. The summed E-state index contributed by atoms with van der Waals surface area (Å²) in [6.07, 6.45) is 8.76. The SMILES string of the molecule is O=C(NCC1(C2CC2)CC1)c1ccncc1C#CCCO. The Kier molecular flexibility index (Phi) is 3.94. The molecular formula is C17H20N2O2. The molecule has 0 unspecified atom stereocenters. The summed E-state index contributed by atoms with van der Waals surface area (Å²) in [7, 11) is 0. The molecule has 4 nitrogen and oxygen atoms in total. The van der Waals surface area contributed by atoms with Crippen LogP contribution < -0.4 is 5.32 Å². The van der Waals surface area contributed by atoms with Crippen LogP contribution in [0.2, 0.25) is 0 Å². The highest BCUT2D eigenvalue weighted by Crippen LogP contribution is 2.60. The highest BCUT2D eigenvalue weighted by atomic mass is 16.2. The van der Waals surface area contributed by atoms with E-state index in [-0.39, 0.29) is 12.5 Å². The molecule has 0 aromatic carbocycles. The summed E-state index contributed by atoms with van der Waals surface area (Å²) >= 11 is 0. The summed E-state index contributed by atoms with van der Waals surface area (Å²) in [5, 5.41) is 11.8. The van der Waals surface area contributed by atoms with Gasteiger partial charge in [0.2, 0.25) is 0 Å². The molecule has 110 valence electrons. The minimum atomic E-state index is -0.0716. The van der Waals surface area contributed by atoms with E-state index in [9.17, 15) is 4.79 Å². The number of hydrogen-bond acceptors (Lipinski definition) is 3. The zero-order chi connectivity index (χ0) is 14.7. The van der Waals surface area contributed by atoms with Crippen molar-refractivity contribution in [3.63, 3.8) is 0 Å². The van der Waals surface area contributed by atoms with Gasteiger partial charge >= 0.3 is 0 Å². The molecule has 0 radical (unpaired) electrons. The second kappa shape index (κ2) is 5.87. The first-order valence-electron chi connectivity index (χ1n) is 7.57. The lowest BCUT2D eigenvalue weighted by molar-refractivity contribution is 0.0942.